The molecule has 162 valence electrons. The van der Waals surface area contributed by atoms with Gasteiger partial charge >= 0.3 is 0 Å². The van der Waals surface area contributed by atoms with Crippen LogP contribution >= 0.6 is 11.8 Å². The van der Waals surface area contributed by atoms with Crippen molar-refractivity contribution in [2.45, 2.75) is 6.42 Å². The Hall–Kier alpha value is -3.79. The highest BCUT2D eigenvalue weighted by atomic mass is 32.2. The molecule has 0 bridgehead atoms. The van der Waals surface area contributed by atoms with Crippen LogP contribution < -0.4 is 18.9 Å². The molecule has 0 atom stereocenters. The van der Waals surface area contributed by atoms with Gasteiger partial charge in [0.25, 0.3) is 5.91 Å². The number of carbonyl (C=O) groups is 1. The summed E-state index contributed by atoms with van der Waals surface area (Å²) in [7, 11) is 3.17. The molecular weight excluding hydrogens is 432 g/mol. The lowest BCUT2D eigenvalue weighted by Crippen LogP contribution is -2.35. The number of thioether (sulfide) groups is 1. The van der Waals surface area contributed by atoms with Crippen LogP contribution in [-0.4, -0.2) is 48.0 Å². The summed E-state index contributed by atoms with van der Waals surface area (Å²) >= 11 is 1.27. The number of hydrogen-bond acceptors (Lipinski definition) is 8. The van der Waals surface area contributed by atoms with E-state index in [1.807, 2.05) is 18.2 Å². The van der Waals surface area contributed by atoms with Crippen molar-refractivity contribution in [3.63, 3.8) is 0 Å². The summed E-state index contributed by atoms with van der Waals surface area (Å²) in [6.45, 7) is 0.167. The van der Waals surface area contributed by atoms with Crippen molar-refractivity contribution in [2.24, 2.45) is 10.1 Å². The number of amides is 1. The summed E-state index contributed by atoms with van der Waals surface area (Å²) in [5.41, 5.74) is 1.83. The fourth-order valence-corrected chi connectivity index (χ4v) is 4.36. The van der Waals surface area contributed by atoms with E-state index in [1.165, 1.54) is 16.8 Å². The van der Waals surface area contributed by atoms with E-state index >= 15 is 0 Å². The second-order valence-corrected chi connectivity index (χ2v) is 8.03. The number of benzene rings is 2. The van der Waals surface area contributed by atoms with Crippen molar-refractivity contribution in [3.8, 4) is 23.0 Å². The van der Waals surface area contributed by atoms with E-state index in [1.54, 1.807) is 38.5 Å². The molecule has 32 heavy (non-hydrogen) atoms. The van der Waals surface area contributed by atoms with Crippen LogP contribution in [0.5, 0.6) is 23.0 Å². The molecule has 2 aromatic rings. The van der Waals surface area contributed by atoms with Crippen LogP contribution in [0, 0.1) is 5.41 Å². The summed E-state index contributed by atoms with van der Waals surface area (Å²) in [6.07, 6.45) is 2.11. The minimum absolute atomic E-state index is 0.0209. The Kier molecular flexibility index (Phi) is 5.06. The number of hydrogen-bond donors (Lipinski definition) is 1. The van der Waals surface area contributed by atoms with Gasteiger partial charge in [-0.1, -0.05) is 12.1 Å². The SMILES string of the molecule is COc1ccc(CC2=NN3C(=N)/C(=C/c4ccc5c(c4)OCO5)C(=O)N=C3S2)cc1OC. The van der Waals surface area contributed by atoms with Crippen molar-refractivity contribution >= 4 is 39.8 Å². The maximum Gasteiger partial charge on any atom is 0.283 e. The Labute approximate surface area is 187 Å². The number of rotatable bonds is 5. The third-order valence-electron chi connectivity index (χ3n) is 5.01. The highest BCUT2D eigenvalue weighted by molar-refractivity contribution is 8.26. The van der Waals surface area contributed by atoms with E-state index in [-0.39, 0.29) is 18.2 Å². The highest BCUT2D eigenvalue weighted by Gasteiger charge is 2.35. The fraction of sp³-hybridized carbons (Fsp3) is 0.182. The molecule has 0 saturated carbocycles. The molecule has 0 spiro atoms. The van der Waals surface area contributed by atoms with Crippen LogP contribution in [0.4, 0.5) is 0 Å². The summed E-state index contributed by atoms with van der Waals surface area (Å²) in [5.74, 6) is 2.02. The van der Waals surface area contributed by atoms with E-state index in [0.29, 0.717) is 40.1 Å². The van der Waals surface area contributed by atoms with Gasteiger partial charge in [-0.25, -0.2) is 0 Å². The highest BCUT2D eigenvalue weighted by Crippen LogP contribution is 2.35. The van der Waals surface area contributed by atoms with Gasteiger partial charge < -0.3 is 18.9 Å². The van der Waals surface area contributed by atoms with Gasteiger partial charge in [0.05, 0.1) is 19.8 Å². The first-order chi connectivity index (χ1) is 15.6. The number of nitrogens with one attached hydrogen (secondary N) is 1. The van der Waals surface area contributed by atoms with Crippen LogP contribution in [0.1, 0.15) is 11.1 Å². The predicted octanol–water partition coefficient (Wildman–Crippen LogP) is 3.29. The molecule has 1 amide bonds. The van der Waals surface area contributed by atoms with Crippen molar-refractivity contribution in [1.29, 1.82) is 5.41 Å². The van der Waals surface area contributed by atoms with Gasteiger partial charge in [0.15, 0.2) is 28.8 Å². The molecule has 3 aliphatic heterocycles. The average Bonchev–Trinajstić information content (AvgIpc) is 3.42. The second kappa shape index (κ2) is 8.04. The van der Waals surface area contributed by atoms with Gasteiger partial charge in [-0.15, -0.1) is 0 Å². The zero-order valence-electron chi connectivity index (χ0n) is 17.2. The first-order valence-corrected chi connectivity index (χ1v) is 10.5. The number of nitrogens with zero attached hydrogens (tertiary/aromatic N) is 3. The van der Waals surface area contributed by atoms with E-state index in [2.05, 4.69) is 10.1 Å². The fourth-order valence-electron chi connectivity index (χ4n) is 3.44. The van der Waals surface area contributed by atoms with Gasteiger partial charge in [-0.3, -0.25) is 10.2 Å². The molecule has 0 aromatic heterocycles. The molecule has 2 aromatic carbocycles. The molecule has 10 heteroatoms. The number of carbonyl (C=O) groups excluding carboxylic acids is 1. The second-order valence-electron chi connectivity index (χ2n) is 6.99. The van der Waals surface area contributed by atoms with Crippen molar-refractivity contribution in [1.82, 2.24) is 5.01 Å². The standard InChI is InChI=1S/C22H18N4O5S/c1-28-15-5-3-13(8-17(15)29-2)10-19-25-26-20(23)14(21(27)24-22(26)32-19)7-12-4-6-16-18(9-12)31-11-30-16/h3-9,23H,10-11H2,1-2H3/b14-7-,23-20?. The Balaban J connectivity index is 1.39. The lowest BCUT2D eigenvalue weighted by Gasteiger charge is -2.20. The smallest absolute Gasteiger partial charge is 0.283 e. The molecular formula is C22H18N4O5S. The molecule has 0 radical (unpaired) electrons. The molecule has 0 unspecified atom stereocenters. The van der Waals surface area contributed by atoms with Gasteiger partial charge in [-0.2, -0.15) is 15.1 Å². The molecule has 9 nitrogen and oxygen atoms in total. The average molecular weight is 450 g/mol. The van der Waals surface area contributed by atoms with Gasteiger partial charge in [0.1, 0.15) is 5.04 Å². The van der Waals surface area contributed by atoms with Crippen LogP contribution in [0.25, 0.3) is 6.08 Å². The van der Waals surface area contributed by atoms with E-state index < -0.39 is 5.91 Å². The number of ether oxygens (including phenoxy) is 4. The third kappa shape index (κ3) is 3.58. The van der Waals surface area contributed by atoms with Crippen LogP contribution in [-0.2, 0) is 11.2 Å². The van der Waals surface area contributed by atoms with Crippen molar-refractivity contribution in [3.05, 3.63) is 53.1 Å². The molecule has 0 saturated heterocycles. The van der Waals surface area contributed by atoms with Crippen LogP contribution in [0.15, 0.2) is 52.1 Å². The number of hydrazone groups is 1. The zero-order chi connectivity index (χ0) is 22.2. The zero-order valence-corrected chi connectivity index (χ0v) is 18.1. The molecule has 1 N–H and O–H groups in total. The minimum atomic E-state index is -0.478. The number of methoxy groups -OCH3 is 2. The summed E-state index contributed by atoms with van der Waals surface area (Å²) in [6, 6.07) is 11.0. The molecule has 3 heterocycles. The molecule has 5 rings (SSSR count). The Morgan fingerprint density at radius 1 is 1.12 bits per heavy atom. The predicted molar refractivity (Wildman–Crippen MR) is 121 cm³/mol. The third-order valence-corrected chi connectivity index (χ3v) is 5.92. The van der Waals surface area contributed by atoms with Gasteiger partial charge in [0.2, 0.25) is 12.0 Å². The molecule has 0 aliphatic carbocycles. The van der Waals surface area contributed by atoms with E-state index in [4.69, 9.17) is 24.4 Å². The maximum absolute atomic E-state index is 12.6. The maximum atomic E-state index is 12.6. The van der Waals surface area contributed by atoms with Crippen LogP contribution in [0.2, 0.25) is 0 Å². The van der Waals surface area contributed by atoms with E-state index in [9.17, 15) is 4.79 Å². The first-order valence-electron chi connectivity index (χ1n) is 9.65. The summed E-state index contributed by atoms with van der Waals surface area (Å²) in [4.78, 5) is 16.8. The minimum Gasteiger partial charge on any atom is -0.493 e. The Morgan fingerprint density at radius 3 is 2.75 bits per heavy atom. The lowest BCUT2D eigenvalue weighted by molar-refractivity contribution is -0.114. The Morgan fingerprint density at radius 2 is 1.94 bits per heavy atom. The molecule has 0 fully saturated rings. The topological polar surface area (TPSA) is 106 Å². The molecule has 3 aliphatic rings. The normalized spacial score (nSPS) is 17.9. The first kappa shape index (κ1) is 20.1. The van der Waals surface area contributed by atoms with Crippen molar-refractivity contribution < 1.29 is 23.7 Å². The van der Waals surface area contributed by atoms with Crippen molar-refractivity contribution in [2.75, 3.05) is 21.0 Å². The van der Waals surface area contributed by atoms with Crippen LogP contribution in [0.3, 0.4) is 0 Å². The number of amidine groups is 2. The largest absolute Gasteiger partial charge is 0.493 e. The number of aliphatic imine (C=N–C) groups is 1. The monoisotopic (exact) mass is 450 g/mol. The van der Waals surface area contributed by atoms with Gasteiger partial charge in [0, 0.05) is 6.42 Å². The summed E-state index contributed by atoms with van der Waals surface area (Å²) < 4.78 is 21.3. The number of fused-ring (bicyclic) bond motifs is 2. The van der Waals surface area contributed by atoms with E-state index in [0.717, 1.165) is 10.6 Å². The quantitative estimate of drug-likeness (QED) is 0.697. The lowest BCUT2D eigenvalue weighted by atomic mass is 10.1. The summed E-state index contributed by atoms with van der Waals surface area (Å²) in [5, 5.41) is 15.5. The van der Waals surface area contributed by atoms with Gasteiger partial charge in [-0.05, 0) is 53.2 Å². The Bertz CT molecular complexity index is 1240.